The van der Waals surface area contributed by atoms with Gasteiger partial charge in [-0.15, -0.1) is 0 Å². The van der Waals surface area contributed by atoms with Crippen LogP contribution in [-0.4, -0.2) is 28.2 Å². The van der Waals surface area contributed by atoms with Crippen molar-refractivity contribution in [3.63, 3.8) is 0 Å². The van der Waals surface area contributed by atoms with Gasteiger partial charge in [0.1, 0.15) is 0 Å². The van der Waals surface area contributed by atoms with Crippen molar-refractivity contribution in [2.24, 2.45) is 0 Å². The predicted octanol–water partition coefficient (Wildman–Crippen LogP) is 4.44. The van der Waals surface area contributed by atoms with E-state index < -0.39 is 20.7 Å². The number of rotatable bonds is 8. The topological polar surface area (TPSA) is 15.7 Å². The summed E-state index contributed by atoms with van der Waals surface area (Å²) in [6.07, 6.45) is -7.89. The molecule has 0 heterocycles. The summed E-state index contributed by atoms with van der Waals surface area (Å²) in [5.74, 6) is 0. The summed E-state index contributed by atoms with van der Waals surface area (Å²) >= 11 is 0. The van der Waals surface area contributed by atoms with E-state index in [2.05, 4.69) is 24.3 Å². The van der Waals surface area contributed by atoms with E-state index in [1.807, 2.05) is 0 Å². The summed E-state index contributed by atoms with van der Waals surface area (Å²) < 4.78 is 68.4. The fourth-order valence-corrected chi connectivity index (χ4v) is 2.35. The van der Waals surface area contributed by atoms with Crippen LogP contribution in [0.4, 0.5) is 22.0 Å². The molecule has 0 N–H and O–H groups in total. The first-order valence-electron chi connectivity index (χ1n) is 5.00. The Morgan fingerprint density at radius 2 is 1.53 bits per heavy atom. The summed E-state index contributed by atoms with van der Waals surface area (Å²) in [6, 6.07) is 0. The van der Waals surface area contributed by atoms with E-state index in [9.17, 15) is 22.0 Å². The maximum absolute atomic E-state index is 13.0. The SMILES string of the molecule is C=CN(C=C)P(OC(F)(F)C(F)(F)F)N(C=C)CC. The van der Waals surface area contributed by atoms with E-state index >= 15 is 0 Å². The molecule has 0 saturated carbocycles. The van der Waals surface area contributed by atoms with Crippen LogP contribution < -0.4 is 0 Å². The van der Waals surface area contributed by atoms with Crippen LogP contribution in [0.3, 0.4) is 0 Å². The molecule has 0 fully saturated rings. The zero-order valence-electron chi connectivity index (χ0n) is 10.2. The van der Waals surface area contributed by atoms with Crippen LogP contribution in [0, 0.1) is 0 Å². The lowest BCUT2D eigenvalue weighted by molar-refractivity contribution is -0.360. The number of hydrogen-bond acceptors (Lipinski definition) is 3. The zero-order chi connectivity index (χ0) is 15.3. The summed E-state index contributed by atoms with van der Waals surface area (Å²) in [4.78, 5) is 0. The van der Waals surface area contributed by atoms with Crippen LogP contribution in [-0.2, 0) is 4.52 Å². The molecule has 0 aromatic rings. The van der Waals surface area contributed by atoms with Gasteiger partial charge in [-0.1, -0.05) is 19.7 Å². The Morgan fingerprint density at radius 1 is 1.05 bits per heavy atom. The lowest BCUT2D eigenvalue weighted by Crippen LogP contribution is -2.40. The van der Waals surface area contributed by atoms with Crippen LogP contribution in [0.15, 0.2) is 38.3 Å². The molecule has 0 aromatic carbocycles. The minimum Gasteiger partial charge on any atom is -0.319 e. The number of halogens is 5. The third-order valence-corrected chi connectivity index (χ3v) is 3.85. The van der Waals surface area contributed by atoms with Crippen molar-refractivity contribution in [3.8, 4) is 0 Å². The van der Waals surface area contributed by atoms with Gasteiger partial charge in [-0.3, -0.25) is 4.67 Å². The van der Waals surface area contributed by atoms with Crippen LogP contribution in [0.1, 0.15) is 6.92 Å². The maximum Gasteiger partial charge on any atom is 0.483 e. The van der Waals surface area contributed by atoms with Crippen molar-refractivity contribution in [1.29, 1.82) is 0 Å². The van der Waals surface area contributed by atoms with Crippen LogP contribution in [0.2, 0.25) is 0 Å². The number of nitrogens with zero attached hydrogens (tertiary/aromatic N) is 2. The van der Waals surface area contributed by atoms with Crippen molar-refractivity contribution in [2.75, 3.05) is 6.54 Å². The first kappa shape index (κ1) is 17.9. The highest BCUT2D eigenvalue weighted by molar-refractivity contribution is 7.47. The summed E-state index contributed by atoms with van der Waals surface area (Å²) in [6.45, 7) is 11.6. The summed E-state index contributed by atoms with van der Waals surface area (Å²) in [5, 5.41) is 0. The normalized spacial score (nSPS) is 13.6. The van der Waals surface area contributed by atoms with Crippen molar-refractivity contribution in [2.45, 2.75) is 19.2 Å². The highest BCUT2D eigenvalue weighted by atomic mass is 31.2. The molecule has 0 aliphatic carbocycles. The maximum atomic E-state index is 13.0. The lowest BCUT2D eigenvalue weighted by Gasteiger charge is -2.35. The molecule has 0 amide bonds. The van der Waals surface area contributed by atoms with Gasteiger partial charge >= 0.3 is 12.3 Å². The fraction of sp³-hybridized carbons (Fsp3) is 0.400. The minimum absolute atomic E-state index is 0.126. The Hall–Kier alpha value is -1.14. The molecule has 0 aromatic heterocycles. The van der Waals surface area contributed by atoms with Crippen molar-refractivity contribution < 1.29 is 26.5 Å². The minimum atomic E-state index is -5.80. The van der Waals surface area contributed by atoms with Crippen LogP contribution in [0.25, 0.3) is 0 Å². The molecular formula is C10H14F5N2OP. The van der Waals surface area contributed by atoms with E-state index in [0.29, 0.717) is 0 Å². The zero-order valence-corrected chi connectivity index (χ0v) is 11.1. The lowest BCUT2D eigenvalue weighted by atomic mass is 10.6. The second-order valence-corrected chi connectivity index (χ2v) is 4.71. The van der Waals surface area contributed by atoms with E-state index in [4.69, 9.17) is 0 Å². The molecule has 0 aliphatic heterocycles. The van der Waals surface area contributed by atoms with Gasteiger partial charge in [0.2, 0.25) is 0 Å². The molecule has 0 spiro atoms. The third-order valence-electron chi connectivity index (χ3n) is 1.85. The molecule has 19 heavy (non-hydrogen) atoms. The average Bonchev–Trinajstić information content (AvgIpc) is 2.30. The van der Waals surface area contributed by atoms with Gasteiger partial charge in [-0.05, 0) is 13.1 Å². The van der Waals surface area contributed by atoms with Crippen molar-refractivity contribution >= 4 is 8.45 Å². The van der Waals surface area contributed by atoms with Crippen molar-refractivity contribution in [3.05, 3.63) is 38.3 Å². The molecule has 110 valence electrons. The molecule has 0 rings (SSSR count). The van der Waals surface area contributed by atoms with Gasteiger partial charge in [-0.2, -0.15) is 22.0 Å². The molecular weight excluding hydrogens is 290 g/mol. The van der Waals surface area contributed by atoms with Gasteiger partial charge in [0.05, 0.1) is 0 Å². The van der Waals surface area contributed by atoms with Crippen LogP contribution in [0.5, 0.6) is 0 Å². The van der Waals surface area contributed by atoms with Crippen molar-refractivity contribution in [1.82, 2.24) is 9.34 Å². The molecule has 0 bridgehead atoms. The molecule has 0 radical (unpaired) electrons. The van der Waals surface area contributed by atoms with E-state index in [-0.39, 0.29) is 6.54 Å². The largest absolute Gasteiger partial charge is 0.483 e. The first-order chi connectivity index (χ1) is 8.64. The standard InChI is InChI=1S/C10H14F5N2OP/c1-5-16(6-2)19(17(7-3)8-4)18-10(14,15)9(11,12)13/h5-7H,1-3,8H2,4H3. The fourth-order valence-electron chi connectivity index (χ4n) is 0.921. The molecule has 9 heteroatoms. The Kier molecular flexibility index (Phi) is 6.45. The Labute approximate surface area is 109 Å². The molecule has 3 nitrogen and oxygen atoms in total. The van der Waals surface area contributed by atoms with Gasteiger partial charge in [0.15, 0.2) is 0 Å². The Bertz CT molecular complexity index is 326. The smallest absolute Gasteiger partial charge is 0.319 e. The second-order valence-electron chi connectivity index (χ2n) is 3.04. The summed E-state index contributed by atoms with van der Waals surface area (Å²) in [5.41, 5.74) is 0. The number of hydrogen-bond donors (Lipinski definition) is 0. The number of alkyl halides is 5. The van der Waals surface area contributed by atoms with Crippen LogP contribution >= 0.6 is 8.45 Å². The predicted molar refractivity (Wildman–Crippen MR) is 63.8 cm³/mol. The summed E-state index contributed by atoms with van der Waals surface area (Å²) in [7, 11) is -2.50. The third kappa shape index (κ3) is 4.47. The molecule has 1 unspecified atom stereocenters. The van der Waals surface area contributed by atoms with Gasteiger partial charge in [0.25, 0.3) is 8.45 Å². The molecule has 1 atom stereocenters. The quantitative estimate of drug-likeness (QED) is 0.487. The van der Waals surface area contributed by atoms with Gasteiger partial charge in [-0.25, -0.2) is 4.52 Å². The van der Waals surface area contributed by atoms with E-state index in [0.717, 1.165) is 27.9 Å². The highest BCUT2D eigenvalue weighted by Crippen LogP contribution is 2.53. The highest BCUT2D eigenvalue weighted by Gasteiger charge is 2.61. The Balaban J connectivity index is 5.32. The monoisotopic (exact) mass is 304 g/mol. The van der Waals surface area contributed by atoms with Gasteiger partial charge < -0.3 is 4.67 Å². The second kappa shape index (κ2) is 6.86. The van der Waals surface area contributed by atoms with Gasteiger partial charge in [0, 0.05) is 18.9 Å². The molecule has 0 aliphatic rings. The molecule has 0 saturated heterocycles. The first-order valence-corrected chi connectivity index (χ1v) is 6.17. The average molecular weight is 304 g/mol. The van der Waals surface area contributed by atoms with E-state index in [1.165, 1.54) is 0 Å². The van der Waals surface area contributed by atoms with E-state index in [1.54, 1.807) is 6.92 Å². The Morgan fingerprint density at radius 3 is 1.79 bits per heavy atom.